The highest BCUT2D eigenvalue weighted by molar-refractivity contribution is 5.82. The van der Waals surface area contributed by atoms with E-state index in [1.165, 1.54) is 12.4 Å². The molecule has 0 spiro atoms. The van der Waals surface area contributed by atoms with Crippen molar-refractivity contribution in [3.8, 4) is 0 Å². The lowest BCUT2D eigenvalue weighted by Gasteiger charge is -2.19. The molecule has 1 aromatic heterocycles. The van der Waals surface area contributed by atoms with Crippen molar-refractivity contribution in [3.05, 3.63) is 18.0 Å². The summed E-state index contributed by atoms with van der Waals surface area (Å²) in [5, 5.41) is 2.27. The maximum absolute atomic E-state index is 12.3. The summed E-state index contributed by atoms with van der Waals surface area (Å²) in [6, 6.07) is -1.98. The van der Waals surface area contributed by atoms with Crippen molar-refractivity contribution in [2.45, 2.75) is 45.0 Å². The molecule has 0 saturated carbocycles. The van der Waals surface area contributed by atoms with Gasteiger partial charge in [-0.2, -0.15) is 13.2 Å². The molecular formula is C12H17F3N4O2. The van der Waals surface area contributed by atoms with Crippen LogP contribution in [0.4, 0.5) is 23.9 Å². The summed E-state index contributed by atoms with van der Waals surface area (Å²) in [6.45, 7) is 5.07. The Morgan fingerprint density at radius 2 is 1.86 bits per heavy atom. The molecule has 1 atom stereocenters. The predicted octanol–water partition coefficient (Wildman–Crippen LogP) is 2.26. The van der Waals surface area contributed by atoms with E-state index >= 15 is 0 Å². The molecule has 0 radical (unpaired) electrons. The van der Waals surface area contributed by atoms with Gasteiger partial charge in [0.15, 0.2) is 0 Å². The molecule has 1 amide bonds. The van der Waals surface area contributed by atoms with Gasteiger partial charge in [-0.15, -0.1) is 0 Å². The minimum absolute atomic E-state index is 0.0615. The number of aromatic nitrogens is 2. The molecule has 6 nitrogen and oxygen atoms in total. The lowest BCUT2D eigenvalue weighted by atomic mass is 10.1. The number of nitrogens with one attached hydrogen (secondary N) is 1. The average molecular weight is 306 g/mol. The van der Waals surface area contributed by atoms with E-state index in [-0.39, 0.29) is 11.5 Å². The number of anilines is 1. The van der Waals surface area contributed by atoms with Gasteiger partial charge in [0.05, 0.1) is 0 Å². The number of nitrogens with two attached hydrogens (primary N) is 1. The van der Waals surface area contributed by atoms with Gasteiger partial charge in [0.25, 0.3) is 0 Å². The second-order valence-corrected chi connectivity index (χ2v) is 5.39. The molecule has 9 heteroatoms. The van der Waals surface area contributed by atoms with Crippen LogP contribution < -0.4 is 11.1 Å². The molecule has 1 heterocycles. The quantitative estimate of drug-likeness (QED) is 0.894. The van der Waals surface area contributed by atoms with E-state index in [4.69, 9.17) is 10.5 Å². The standard InChI is InChI=1S/C12H17F3N4O2/c1-11(2,3)21-10(20)19-9-17-5-7(6-18-9)4-8(16)12(13,14)15/h5-6,8H,4,16H2,1-3H3,(H,17,18,19,20). The van der Waals surface area contributed by atoms with Gasteiger partial charge in [0.1, 0.15) is 11.6 Å². The number of carbonyl (C=O) groups excluding carboxylic acids is 1. The molecule has 0 aliphatic rings. The van der Waals surface area contributed by atoms with Crippen LogP contribution in [0.3, 0.4) is 0 Å². The molecule has 1 unspecified atom stereocenters. The Balaban J connectivity index is 2.60. The number of nitrogens with zero attached hydrogens (tertiary/aromatic N) is 2. The fourth-order valence-electron chi connectivity index (χ4n) is 1.29. The van der Waals surface area contributed by atoms with Crippen LogP contribution in [0.5, 0.6) is 0 Å². The van der Waals surface area contributed by atoms with Crippen molar-refractivity contribution in [1.29, 1.82) is 0 Å². The molecule has 0 aromatic carbocycles. The number of amides is 1. The number of rotatable bonds is 3. The fraction of sp³-hybridized carbons (Fsp3) is 0.583. The van der Waals surface area contributed by atoms with Crippen molar-refractivity contribution in [1.82, 2.24) is 9.97 Å². The zero-order valence-electron chi connectivity index (χ0n) is 11.9. The van der Waals surface area contributed by atoms with E-state index in [1.807, 2.05) is 0 Å². The molecular weight excluding hydrogens is 289 g/mol. The Labute approximate surface area is 119 Å². The number of halogens is 3. The van der Waals surface area contributed by atoms with Crippen molar-refractivity contribution >= 4 is 12.0 Å². The highest BCUT2D eigenvalue weighted by Gasteiger charge is 2.36. The van der Waals surface area contributed by atoms with Gasteiger partial charge >= 0.3 is 12.3 Å². The third-order valence-corrected chi connectivity index (χ3v) is 2.19. The smallest absolute Gasteiger partial charge is 0.414 e. The van der Waals surface area contributed by atoms with Gasteiger partial charge < -0.3 is 10.5 Å². The molecule has 118 valence electrons. The summed E-state index contributed by atoms with van der Waals surface area (Å²) >= 11 is 0. The van der Waals surface area contributed by atoms with Gasteiger partial charge in [-0.1, -0.05) is 0 Å². The van der Waals surface area contributed by atoms with E-state index in [0.717, 1.165) is 0 Å². The molecule has 0 bridgehead atoms. The van der Waals surface area contributed by atoms with Gasteiger partial charge in [-0.05, 0) is 32.8 Å². The molecule has 3 N–H and O–H groups in total. The van der Waals surface area contributed by atoms with E-state index < -0.39 is 30.3 Å². The van der Waals surface area contributed by atoms with Crippen molar-refractivity contribution in [2.75, 3.05) is 5.32 Å². The van der Waals surface area contributed by atoms with Gasteiger partial charge in [-0.25, -0.2) is 14.8 Å². The van der Waals surface area contributed by atoms with E-state index in [1.54, 1.807) is 20.8 Å². The molecule has 0 fully saturated rings. The van der Waals surface area contributed by atoms with Crippen molar-refractivity contribution < 1.29 is 22.7 Å². The van der Waals surface area contributed by atoms with Crippen LogP contribution in [0.2, 0.25) is 0 Å². The summed E-state index contributed by atoms with van der Waals surface area (Å²) in [5.74, 6) is -0.0615. The molecule has 21 heavy (non-hydrogen) atoms. The minimum atomic E-state index is -4.48. The van der Waals surface area contributed by atoms with Crippen LogP contribution in [0, 0.1) is 0 Å². The predicted molar refractivity (Wildman–Crippen MR) is 69.6 cm³/mol. The Kier molecular flexibility index (Phi) is 5.10. The second-order valence-electron chi connectivity index (χ2n) is 5.39. The zero-order chi connectivity index (χ0) is 16.3. The summed E-state index contributed by atoms with van der Waals surface area (Å²) < 4.78 is 41.9. The number of ether oxygens (including phenoxy) is 1. The fourth-order valence-corrected chi connectivity index (χ4v) is 1.29. The maximum Gasteiger partial charge on any atom is 0.414 e. The van der Waals surface area contributed by atoms with Crippen LogP contribution in [0.15, 0.2) is 12.4 Å². The Morgan fingerprint density at radius 1 is 1.33 bits per heavy atom. The Morgan fingerprint density at radius 3 is 2.29 bits per heavy atom. The number of hydrogen-bond acceptors (Lipinski definition) is 5. The van der Waals surface area contributed by atoms with Gasteiger partial charge in [-0.3, -0.25) is 5.32 Å². The molecule has 0 aliphatic carbocycles. The first-order chi connectivity index (χ1) is 9.47. The van der Waals surface area contributed by atoms with Crippen LogP contribution in [-0.4, -0.2) is 33.9 Å². The van der Waals surface area contributed by atoms with Crippen LogP contribution in [-0.2, 0) is 11.2 Å². The summed E-state index contributed by atoms with van der Waals surface area (Å²) in [4.78, 5) is 18.9. The third-order valence-electron chi connectivity index (χ3n) is 2.19. The van der Waals surface area contributed by atoms with E-state index in [2.05, 4.69) is 15.3 Å². The first kappa shape index (κ1) is 17.2. The summed E-state index contributed by atoms with van der Waals surface area (Å²) in [7, 11) is 0. The van der Waals surface area contributed by atoms with Crippen LogP contribution in [0.1, 0.15) is 26.3 Å². The van der Waals surface area contributed by atoms with E-state index in [0.29, 0.717) is 0 Å². The lowest BCUT2D eigenvalue weighted by Crippen LogP contribution is -2.39. The van der Waals surface area contributed by atoms with Crippen LogP contribution in [0.25, 0.3) is 0 Å². The zero-order valence-corrected chi connectivity index (χ0v) is 11.9. The first-order valence-corrected chi connectivity index (χ1v) is 6.10. The second kappa shape index (κ2) is 6.25. The molecule has 1 aromatic rings. The normalized spacial score (nSPS) is 13.7. The highest BCUT2D eigenvalue weighted by Crippen LogP contribution is 2.21. The van der Waals surface area contributed by atoms with Crippen LogP contribution >= 0.6 is 0 Å². The molecule has 0 aliphatic heterocycles. The molecule has 1 rings (SSSR count). The molecule has 0 saturated heterocycles. The minimum Gasteiger partial charge on any atom is -0.444 e. The van der Waals surface area contributed by atoms with Crippen molar-refractivity contribution in [2.24, 2.45) is 5.73 Å². The number of hydrogen-bond donors (Lipinski definition) is 2. The summed E-state index contributed by atoms with van der Waals surface area (Å²) in [5.41, 5.74) is 4.54. The number of carbonyl (C=O) groups is 1. The first-order valence-electron chi connectivity index (χ1n) is 6.10. The van der Waals surface area contributed by atoms with Crippen molar-refractivity contribution in [3.63, 3.8) is 0 Å². The topological polar surface area (TPSA) is 90.1 Å². The van der Waals surface area contributed by atoms with Gasteiger partial charge in [0.2, 0.25) is 5.95 Å². The largest absolute Gasteiger partial charge is 0.444 e. The van der Waals surface area contributed by atoms with Gasteiger partial charge in [0, 0.05) is 12.4 Å². The highest BCUT2D eigenvalue weighted by atomic mass is 19.4. The summed E-state index contributed by atoms with van der Waals surface area (Å²) in [6.07, 6.45) is -3.32. The monoisotopic (exact) mass is 306 g/mol. The van der Waals surface area contributed by atoms with E-state index in [9.17, 15) is 18.0 Å². The maximum atomic E-state index is 12.3. The SMILES string of the molecule is CC(C)(C)OC(=O)Nc1ncc(CC(N)C(F)(F)F)cn1. The average Bonchev–Trinajstić information content (AvgIpc) is 2.27. The Bertz CT molecular complexity index is 483. The number of alkyl halides is 3. The Hall–Kier alpha value is -1.90. The lowest BCUT2D eigenvalue weighted by molar-refractivity contribution is -0.147. The third kappa shape index (κ3) is 6.39.